The van der Waals surface area contributed by atoms with Gasteiger partial charge in [-0.15, -0.1) is 0 Å². The summed E-state index contributed by atoms with van der Waals surface area (Å²) in [5.41, 5.74) is 3.24. The fourth-order valence-electron chi connectivity index (χ4n) is 1.83. The summed E-state index contributed by atoms with van der Waals surface area (Å²) in [4.78, 5) is 12.9. The van der Waals surface area contributed by atoms with Crippen molar-refractivity contribution < 1.29 is 4.74 Å². The molecule has 0 aliphatic rings. The first-order valence-electron chi connectivity index (χ1n) is 5.68. The van der Waals surface area contributed by atoms with E-state index in [1.807, 2.05) is 24.3 Å². The first kappa shape index (κ1) is 11.9. The number of methoxy groups -OCH3 is 1. The van der Waals surface area contributed by atoms with Crippen molar-refractivity contribution in [3.05, 3.63) is 47.9 Å². The smallest absolute Gasteiger partial charge is 0.137 e. The van der Waals surface area contributed by atoms with Crippen LogP contribution >= 0.6 is 11.6 Å². The third-order valence-electron chi connectivity index (χ3n) is 2.79. The van der Waals surface area contributed by atoms with Crippen molar-refractivity contribution in [2.75, 3.05) is 7.11 Å². The minimum absolute atomic E-state index is 0.552. The molecule has 0 aliphatic heterocycles. The average Bonchev–Trinajstić information content (AvgIpc) is 2.46. The molecule has 1 aromatic carbocycles. The summed E-state index contributed by atoms with van der Waals surface area (Å²) in [6.07, 6.45) is 5.09. The number of benzene rings is 1. The highest BCUT2D eigenvalue weighted by Gasteiger charge is 2.06. The van der Waals surface area contributed by atoms with Crippen LogP contribution in [0.1, 0.15) is 0 Å². The molecule has 3 rings (SSSR count). The van der Waals surface area contributed by atoms with E-state index in [2.05, 4.69) is 15.0 Å². The van der Waals surface area contributed by atoms with E-state index >= 15 is 0 Å². The van der Waals surface area contributed by atoms with Gasteiger partial charge >= 0.3 is 0 Å². The summed E-state index contributed by atoms with van der Waals surface area (Å²) in [6.45, 7) is 0. The molecule has 0 saturated heterocycles. The number of rotatable bonds is 2. The molecule has 0 saturated carbocycles. The standard InChI is InChI=1S/C14H10ClN3O/c1-19-14-3-2-9(6-10(14)15)12-8-17-13-7-16-5-4-11(13)18-12/h2-8H,1H3. The summed E-state index contributed by atoms with van der Waals surface area (Å²) in [7, 11) is 1.59. The first-order valence-corrected chi connectivity index (χ1v) is 6.06. The third-order valence-corrected chi connectivity index (χ3v) is 3.09. The van der Waals surface area contributed by atoms with Crippen LogP contribution in [0.3, 0.4) is 0 Å². The molecule has 0 atom stereocenters. The molecule has 3 aromatic rings. The highest BCUT2D eigenvalue weighted by atomic mass is 35.5. The molecule has 94 valence electrons. The summed E-state index contributed by atoms with van der Waals surface area (Å²) < 4.78 is 5.13. The molecule has 0 fully saturated rings. The van der Waals surface area contributed by atoms with Crippen LogP contribution in [0.4, 0.5) is 0 Å². The van der Waals surface area contributed by atoms with Crippen molar-refractivity contribution in [1.29, 1.82) is 0 Å². The normalized spacial score (nSPS) is 10.6. The Hall–Kier alpha value is -2.20. The zero-order valence-electron chi connectivity index (χ0n) is 10.2. The summed E-state index contributed by atoms with van der Waals surface area (Å²) in [5.74, 6) is 0.642. The lowest BCUT2D eigenvalue weighted by atomic mass is 10.1. The van der Waals surface area contributed by atoms with E-state index in [4.69, 9.17) is 16.3 Å². The molecular weight excluding hydrogens is 262 g/mol. The molecule has 2 aromatic heterocycles. The number of ether oxygens (including phenoxy) is 1. The van der Waals surface area contributed by atoms with E-state index in [0.29, 0.717) is 10.8 Å². The third kappa shape index (κ3) is 2.22. The SMILES string of the molecule is COc1ccc(-c2cnc3cnccc3n2)cc1Cl. The van der Waals surface area contributed by atoms with E-state index in [0.717, 1.165) is 22.3 Å². The molecule has 0 bridgehead atoms. The molecule has 0 unspecified atom stereocenters. The highest BCUT2D eigenvalue weighted by molar-refractivity contribution is 6.32. The van der Waals surface area contributed by atoms with Crippen molar-refractivity contribution in [2.24, 2.45) is 0 Å². The van der Waals surface area contributed by atoms with Crippen molar-refractivity contribution in [3.8, 4) is 17.0 Å². The van der Waals surface area contributed by atoms with E-state index in [9.17, 15) is 0 Å². The van der Waals surface area contributed by atoms with Gasteiger partial charge in [0.1, 0.15) is 11.3 Å². The van der Waals surface area contributed by atoms with Gasteiger partial charge in [0.2, 0.25) is 0 Å². The number of hydrogen-bond acceptors (Lipinski definition) is 4. The molecule has 0 aliphatic carbocycles. The molecular formula is C14H10ClN3O. The van der Waals surface area contributed by atoms with Gasteiger partial charge in [-0.3, -0.25) is 9.97 Å². The Bertz CT molecular complexity index is 746. The van der Waals surface area contributed by atoms with Crippen molar-refractivity contribution >= 4 is 22.6 Å². The predicted molar refractivity (Wildman–Crippen MR) is 74.3 cm³/mol. The van der Waals surface area contributed by atoms with Crippen LogP contribution in [0.2, 0.25) is 5.02 Å². The maximum Gasteiger partial charge on any atom is 0.137 e. The Kier molecular flexibility index (Phi) is 3.01. The zero-order valence-corrected chi connectivity index (χ0v) is 10.9. The number of hydrogen-bond donors (Lipinski definition) is 0. The molecule has 19 heavy (non-hydrogen) atoms. The minimum atomic E-state index is 0.552. The Balaban J connectivity index is 2.11. The van der Waals surface area contributed by atoms with E-state index < -0.39 is 0 Å². The second kappa shape index (κ2) is 4.82. The zero-order chi connectivity index (χ0) is 13.2. The molecule has 5 heteroatoms. The molecule has 0 spiro atoms. The topological polar surface area (TPSA) is 47.9 Å². The van der Waals surface area contributed by atoms with E-state index in [1.54, 1.807) is 25.7 Å². The Morgan fingerprint density at radius 1 is 1.11 bits per heavy atom. The number of halogens is 1. The van der Waals surface area contributed by atoms with Crippen LogP contribution < -0.4 is 4.74 Å². The van der Waals surface area contributed by atoms with E-state index in [1.165, 1.54) is 0 Å². The van der Waals surface area contributed by atoms with Gasteiger partial charge in [-0.2, -0.15) is 0 Å². The van der Waals surface area contributed by atoms with Gasteiger partial charge in [-0.05, 0) is 24.3 Å². The van der Waals surface area contributed by atoms with E-state index in [-0.39, 0.29) is 0 Å². The first-order chi connectivity index (χ1) is 9.28. The number of pyridine rings is 1. The molecule has 0 N–H and O–H groups in total. The second-order valence-corrected chi connectivity index (χ2v) is 4.38. The van der Waals surface area contributed by atoms with Crippen molar-refractivity contribution in [3.63, 3.8) is 0 Å². The Morgan fingerprint density at radius 2 is 2.00 bits per heavy atom. The van der Waals surface area contributed by atoms with Gasteiger partial charge in [0.15, 0.2) is 0 Å². The van der Waals surface area contributed by atoms with Crippen LogP contribution in [0.25, 0.3) is 22.3 Å². The molecule has 0 amide bonds. The van der Waals surface area contributed by atoms with Crippen LogP contribution in [0.15, 0.2) is 42.9 Å². The fraction of sp³-hybridized carbons (Fsp3) is 0.0714. The highest BCUT2D eigenvalue weighted by Crippen LogP contribution is 2.29. The number of fused-ring (bicyclic) bond motifs is 1. The van der Waals surface area contributed by atoms with Crippen LogP contribution in [-0.2, 0) is 0 Å². The van der Waals surface area contributed by atoms with Crippen LogP contribution in [-0.4, -0.2) is 22.1 Å². The van der Waals surface area contributed by atoms with Gasteiger partial charge in [0.05, 0.1) is 35.7 Å². The monoisotopic (exact) mass is 271 g/mol. The molecule has 2 heterocycles. The van der Waals surface area contributed by atoms with Gasteiger partial charge in [0.25, 0.3) is 0 Å². The quantitative estimate of drug-likeness (QED) is 0.717. The van der Waals surface area contributed by atoms with Crippen LogP contribution in [0, 0.1) is 0 Å². The lowest BCUT2D eigenvalue weighted by Gasteiger charge is -2.06. The molecule has 4 nitrogen and oxygen atoms in total. The number of nitrogens with zero attached hydrogens (tertiary/aromatic N) is 3. The maximum absolute atomic E-state index is 6.11. The second-order valence-electron chi connectivity index (χ2n) is 3.97. The summed E-state index contributed by atoms with van der Waals surface area (Å²) >= 11 is 6.11. The van der Waals surface area contributed by atoms with Crippen LogP contribution in [0.5, 0.6) is 5.75 Å². The summed E-state index contributed by atoms with van der Waals surface area (Å²) in [5, 5.41) is 0.552. The van der Waals surface area contributed by atoms with Gasteiger partial charge in [0, 0.05) is 11.8 Å². The van der Waals surface area contributed by atoms with Gasteiger partial charge in [-0.1, -0.05) is 11.6 Å². The largest absolute Gasteiger partial charge is 0.495 e. The van der Waals surface area contributed by atoms with Crippen molar-refractivity contribution in [2.45, 2.75) is 0 Å². The number of aromatic nitrogens is 3. The fourth-order valence-corrected chi connectivity index (χ4v) is 2.08. The average molecular weight is 272 g/mol. The van der Waals surface area contributed by atoms with Gasteiger partial charge in [-0.25, -0.2) is 4.98 Å². The minimum Gasteiger partial charge on any atom is -0.495 e. The maximum atomic E-state index is 6.11. The van der Waals surface area contributed by atoms with Crippen molar-refractivity contribution in [1.82, 2.24) is 15.0 Å². The summed E-state index contributed by atoms with van der Waals surface area (Å²) in [6, 6.07) is 7.37. The lowest BCUT2D eigenvalue weighted by molar-refractivity contribution is 0.415. The molecule has 0 radical (unpaired) electrons. The van der Waals surface area contributed by atoms with Gasteiger partial charge < -0.3 is 4.74 Å². The predicted octanol–water partition coefficient (Wildman–Crippen LogP) is 3.35. The lowest BCUT2D eigenvalue weighted by Crippen LogP contribution is -1.90. The Morgan fingerprint density at radius 3 is 2.79 bits per heavy atom. The Labute approximate surface area is 115 Å².